The highest BCUT2D eigenvalue weighted by Crippen LogP contribution is 2.36. The van der Waals surface area contributed by atoms with Crippen molar-refractivity contribution in [1.29, 1.82) is 0 Å². The third kappa shape index (κ3) is 4.02. The van der Waals surface area contributed by atoms with Crippen LogP contribution < -0.4 is 9.64 Å². The second kappa shape index (κ2) is 8.28. The van der Waals surface area contributed by atoms with Gasteiger partial charge in [-0.2, -0.15) is 5.10 Å². The molecule has 0 aliphatic heterocycles. The van der Waals surface area contributed by atoms with Gasteiger partial charge in [0, 0.05) is 13.6 Å². The summed E-state index contributed by atoms with van der Waals surface area (Å²) < 4.78 is 8.15. The van der Waals surface area contributed by atoms with Crippen LogP contribution in [0.2, 0.25) is 0 Å². The number of thiazole rings is 1. The van der Waals surface area contributed by atoms with E-state index in [2.05, 4.69) is 10.00 Å². The molecule has 0 bridgehead atoms. The van der Waals surface area contributed by atoms with Gasteiger partial charge < -0.3 is 9.64 Å². The van der Waals surface area contributed by atoms with Crippen LogP contribution in [0.3, 0.4) is 0 Å². The number of hydrogen-bond donors (Lipinski definition) is 0. The molecule has 2 heterocycles. The van der Waals surface area contributed by atoms with Crippen LogP contribution in [0.4, 0.5) is 5.13 Å². The molecule has 0 aliphatic carbocycles. The number of benzene rings is 1. The van der Waals surface area contributed by atoms with E-state index < -0.39 is 0 Å². The zero-order valence-electron chi connectivity index (χ0n) is 17.3. The standard InChI is InChI=1S/C20H27N5O2S/c1-13-8-9-16(27-6)17-18(13)28-20(21-17)25(11-7-10-23(3)4)19(26)15-12-14(2)22-24(15)5/h8-9,12H,7,10-11H2,1-6H3. The van der Waals surface area contributed by atoms with Gasteiger partial charge in [0.25, 0.3) is 5.91 Å². The molecular formula is C20H27N5O2S. The van der Waals surface area contributed by atoms with Crippen LogP contribution >= 0.6 is 11.3 Å². The predicted molar refractivity (Wildman–Crippen MR) is 114 cm³/mol. The minimum atomic E-state index is -0.0856. The first-order valence-electron chi connectivity index (χ1n) is 9.23. The van der Waals surface area contributed by atoms with Crippen LogP contribution in [0.1, 0.15) is 28.2 Å². The maximum atomic E-state index is 13.4. The zero-order valence-corrected chi connectivity index (χ0v) is 18.1. The molecule has 0 N–H and O–H groups in total. The largest absolute Gasteiger partial charge is 0.494 e. The number of rotatable bonds is 7. The molecule has 0 spiro atoms. The molecule has 0 radical (unpaired) electrons. The van der Waals surface area contributed by atoms with E-state index in [0.29, 0.717) is 17.4 Å². The number of anilines is 1. The molecule has 1 amide bonds. The van der Waals surface area contributed by atoms with Crippen molar-refractivity contribution in [3.8, 4) is 5.75 Å². The van der Waals surface area contributed by atoms with Crippen molar-refractivity contribution in [3.63, 3.8) is 0 Å². The van der Waals surface area contributed by atoms with Crippen molar-refractivity contribution < 1.29 is 9.53 Å². The maximum Gasteiger partial charge on any atom is 0.278 e. The fourth-order valence-electron chi connectivity index (χ4n) is 3.16. The first-order valence-corrected chi connectivity index (χ1v) is 10.0. The molecule has 150 valence electrons. The highest BCUT2D eigenvalue weighted by Gasteiger charge is 2.25. The van der Waals surface area contributed by atoms with Gasteiger partial charge in [0.05, 0.1) is 17.5 Å². The summed E-state index contributed by atoms with van der Waals surface area (Å²) in [5.74, 6) is 0.637. The Morgan fingerprint density at radius 2 is 2.00 bits per heavy atom. The lowest BCUT2D eigenvalue weighted by Crippen LogP contribution is -2.34. The highest BCUT2D eigenvalue weighted by molar-refractivity contribution is 7.22. The van der Waals surface area contributed by atoms with E-state index in [4.69, 9.17) is 9.72 Å². The van der Waals surface area contributed by atoms with E-state index in [-0.39, 0.29) is 5.91 Å². The van der Waals surface area contributed by atoms with Gasteiger partial charge in [-0.05, 0) is 58.6 Å². The van der Waals surface area contributed by atoms with Crippen molar-refractivity contribution in [2.75, 3.05) is 39.2 Å². The summed E-state index contributed by atoms with van der Waals surface area (Å²) >= 11 is 1.53. The summed E-state index contributed by atoms with van der Waals surface area (Å²) in [5, 5.41) is 5.01. The van der Waals surface area contributed by atoms with Crippen molar-refractivity contribution in [2.45, 2.75) is 20.3 Å². The number of carbonyl (C=O) groups is 1. The van der Waals surface area contributed by atoms with Gasteiger partial charge in [-0.3, -0.25) is 14.4 Å². The van der Waals surface area contributed by atoms with Crippen molar-refractivity contribution in [2.24, 2.45) is 7.05 Å². The minimum absolute atomic E-state index is 0.0856. The van der Waals surface area contributed by atoms with Gasteiger partial charge in [-0.25, -0.2) is 4.98 Å². The fraction of sp³-hybridized carbons (Fsp3) is 0.450. The van der Waals surface area contributed by atoms with E-state index in [0.717, 1.165) is 40.2 Å². The number of ether oxygens (including phenoxy) is 1. The summed E-state index contributed by atoms with van der Waals surface area (Å²) in [6, 6.07) is 5.76. The second-order valence-corrected chi connectivity index (χ2v) is 8.14. The smallest absolute Gasteiger partial charge is 0.278 e. The van der Waals surface area contributed by atoms with Gasteiger partial charge in [0.15, 0.2) is 5.13 Å². The average Bonchev–Trinajstić information content (AvgIpc) is 3.22. The molecule has 0 aliphatic rings. The van der Waals surface area contributed by atoms with E-state index >= 15 is 0 Å². The molecule has 7 nitrogen and oxygen atoms in total. The maximum absolute atomic E-state index is 13.4. The molecule has 0 unspecified atom stereocenters. The third-order valence-corrected chi connectivity index (χ3v) is 5.81. The number of carbonyl (C=O) groups excluding carboxylic acids is 1. The zero-order chi connectivity index (χ0) is 20.4. The molecular weight excluding hydrogens is 374 g/mol. The number of aryl methyl sites for hydroxylation is 3. The van der Waals surface area contributed by atoms with Gasteiger partial charge >= 0.3 is 0 Å². The topological polar surface area (TPSA) is 63.5 Å². The Kier molecular flexibility index (Phi) is 6.00. The van der Waals surface area contributed by atoms with Crippen LogP contribution in [-0.4, -0.2) is 59.9 Å². The Labute approximate surface area is 169 Å². The minimum Gasteiger partial charge on any atom is -0.494 e. The molecule has 1 aromatic carbocycles. The van der Waals surface area contributed by atoms with Crippen molar-refractivity contribution in [1.82, 2.24) is 19.7 Å². The van der Waals surface area contributed by atoms with Crippen LogP contribution in [0, 0.1) is 13.8 Å². The lowest BCUT2D eigenvalue weighted by molar-refractivity contribution is 0.0977. The van der Waals surface area contributed by atoms with Crippen LogP contribution in [0.15, 0.2) is 18.2 Å². The molecule has 0 saturated carbocycles. The first-order chi connectivity index (χ1) is 13.3. The van der Waals surface area contributed by atoms with Gasteiger partial charge in [0.2, 0.25) is 0 Å². The molecule has 2 aromatic heterocycles. The molecule has 28 heavy (non-hydrogen) atoms. The monoisotopic (exact) mass is 401 g/mol. The molecule has 8 heteroatoms. The summed E-state index contributed by atoms with van der Waals surface area (Å²) in [6.45, 7) is 5.41. The normalized spacial score (nSPS) is 11.4. The van der Waals surface area contributed by atoms with Crippen LogP contribution in [0.5, 0.6) is 5.75 Å². The third-order valence-electron chi connectivity index (χ3n) is 4.60. The van der Waals surface area contributed by atoms with Gasteiger partial charge in [-0.15, -0.1) is 0 Å². The number of hydrogen-bond acceptors (Lipinski definition) is 6. The molecule has 0 saturated heterocycles. The molecule has 0 fully saturated rings. The SMILES string of the molecule is COc1ccc(C)c2sc(N(CCCN(C)C)C(=O)c3cc(C)nn3C)nc12. The van der Waals surface area contributed by atoms with Crippen molar-refractivity contribution >= 4 is 32.6 Å². The summed E-state index contributed by atoms with van der Waals surface area (Å²) in [6.07, 6.45) is 0.849. The van der Waals surface area contributed by atoms with E-state index in [1.807, 2.05) is 46.1 Å². The van der Waals surface area contributed by atoms with Gasteiger partial charge in [0.1, 0.15) is 17.0 Å². The highest BCUT2D eigenvalue weighted by atomic mass is 32.1. The summed E-state index contributed by atoms with van der Waals surface area (Å²) in [5.41, 5.74) is 3.30. The number of aromatic nitrogens is 3. The molecule has 3 rings (SSSR count). The van der Waals surface area contributed by atoms with Crippen LogP contribution in [-0.2, 0) is 7.05 Å². The van der Waals surface area contributed by atoms with Gasteiger partial charge in [-0.1, -0.05) is 17.4 Å². The quantitative estimate of drug-likeness (QED) is 0.608. The summed E-state index contributed by atoms with van der Waals surface area (Å²) in [7, 11) is 7.50. The second-order valence-electron chi connectivity index (χ2n) is 7.17. The number of nitrogens with zero attached hydrogens (tertiary/aromatic N) is 5. The average molecular weight is 402 g/mol. The Hall–Kier alpha value is -2.45. The Morgan fingerprint density at radius 1 is 1.25 bits per heavy atom. The van der Waals surface area contributed by atoms with Crippen LogP contribution in [0.25, 0.3) is 10.2 Å². The van der Waals surface area contributed by atoms with E-state index in [9.17, 15) is 4.79 Å². The number of fused-ring (bicyclic) bond motifs is 1. The Morgan fingerprint density at radius 3 is 2.61 bits per heavy atom. The predicted octanol–water partition coefficient (Wildman–Crippen LogP) is 3.25. The number of methoxy groups -OCH3 is 1. The Balaban J connectivity index is 2.03. The lowest BCUT2D eigenvalue weighted by atomic mass is 10.2. The Bertz CT molecular complexity index is 992. The van der Waals surface area contributed by atoms with E-state index in [1.165, 1.54) is 11.3 Å². The lowest BCUT2D eigenvalue weighted by Gasteiger charge is -2.21. The first kappa shape index (κ1) is 20.3. The van der Waals surface area contributed by atoms with E-state index in [1.54, 1.807) is 23.7 Å². The number of amides is 1. The fourth-order valence-corrected chi connectivity index (χ4v) is 4.23. The summed E-state index contributed by atoms with van der Waals surface area (Å²) in [4.78, 5) is 22.0. The molecule has 0 atom stereocenters. The van der Waals surface area contributed by atoms with Crippen molar-refractivity contribution in [3.05, 3.63) is 35.2 Å². The molecule has 3 aromatic rings.